The van der Waals surface area contributed by atoms with Crippen LogP contribution in [0.1, 0.15) is 18.1 Å². The van der Waals surface area contributed by atoms with E-state index in [-0.39, 0.29) is 17.8 Å². The highest BCUT2D eigenvalue weighted by atomic mass is 32.1. The summed E-state index contributed by atoms with van der Waals surface area (Å²) in [6, 6.07) is 15.6. The fraction of sp³-hybridized carbons (Fsp3) is 0.200. The van der Waals surface area contributed by atoms with Gasteiger partial charge in [0, 0.05) is 6.54 Å². The van der Waals surface area contributed by atoms with Crippen LogP contribution in [0.3, 0.4) is 0 Å². The number of benzene rings is 2. The molecule has 3 amide bonds. The van der Waals surface area contributed by atoms with Gasteiger partial charge in [0.05, 0.1) is 24.3 Å². The van der Waals surface area contributed by atoms with Gasteiger partial charge in [0.2, 0.25) is 5.91 Å². The summed E-state index contributed by atoms with van der Waals surface area (Å²) in [5, 5.41) is 4.79. The van der Waals surface area contributed by atoms with Gasteiger partial charge in [-0.15, -0.1) is 11.3 Å². The minimum atomic E-state index is -0.704. The number of rotatable bonds is 8. The summed E-state index contributed by atoms with van der Waals surface area (Å²) >= 11 is 1.04. The lowest BCUT2D eigenvalue weighted by atomic mass is 10.2. The molecule has 2 N–H and O–H groups in total. The van der Waals surface area contributed by atoms with Crippen molar-refractivity contribution in [2.75, 3.05) is 13.7 Å². The molecule has 3 aromatic rings. The fourth-order valence-corrected chi connectivity index (χ4v) is 4.09. The van der Waals surface area contributed by atoms with Crippen LogP contribution in [0.5, 0.6) is 5.75 Å². The third-order valence-corrected chi connectivity index (χ3v) is 5.79. The normalized spacial score (nSPS) is 11.7. The van der Waals surface area contributed by atoms with E-state index < -0.39 is 30.0 Å². The summed E-state index contributed by atoms with van der Waals surface area (Å²) < 4.78 is 11.8. The van der Waals surface area contributed by atoms with Gasteiger partial charge in [-0.2, -0.15) is 0 Å². The lowest BCUT2D eigenvalue weighted by molar-refractivity contribution is -0.135. The number of hydrogen-bond acceptors (Lipinski definition) is 7. The molecule has 2 aromatic carbocycles. The maximum Gasteiger partial charge on any atom is 0.333 e. The SMILES string of the molecule is CCOC(=O)/C=c1\s/c(=C/c2ccc(OC)cc2)c(=O)n1CC(=O)NC(=O)NCc1ccccc1. The molecular weight excluding hydrogens is 470 g/mol. The Bertz CT molecular complexity index is 1360. The quantitative estimate of drug-likeness (QED) is 0.453. The van der Waals surface area contributed by atoms with Crippen LogP contribution in [-0.2, 0) is 27.4 Å². The zero-order chi connectivity index (χ0) is 25.2. The number of imide groups is 1. The Kier molecular flexibility index (Phi) is 8.96. The number of thiazole rings is 1. The highest BCUT2D eigenvalue weighted by Gasteiger charge is 2.13. The number of carbonyl (C=O) groups excluding carboxylic acids is 3. The fourth-order valence-electron chi connectivity index (χ4n) is 3.06. The van der Waals surface area contributed by atoms with Gasteiger partial charge in [0.1, 0.15) is 17.0 Å². The van der Waals surface area contributed by atoms with E-state index in [4.69, 9.17) is 9.47 Å². The summed E-state index contributed by atoms with van der Waals surface area (Å²) in [5.74, 6) is -0.672. The summed E-state index contributed by atoms with van der Waals surface area (Å²) in [7, 11) is 1.56. The molecule has 0 radical (unpaired) electrons. The average Bonchev–Trinajstić information content (AvgIpc) is 3.12. The molecule has 0 atom stereocenters. The second kappa shape index (κ2) is 12.3. The minimum Gasteiger partial charge on any atom is -0.497 e. The molecule has 0 fully saturated rings. The topological polar surface area (TPSA) is 116 Å². The Balaban J connectivity index is 1.82. The number of carbonyl (C=O) groups is 3. The predicted molar refractivity (Wildman–Crippen MR) is 132 cm³/mol. The third-order valence-electron chi connectivity index (χ3n) is 4.73. The molecule has 3 rings (SSSR count). The number of esters is 1. The molecule has 35 heavy (non-hydrogen) atoms. The minimum absolute atomic E-state index is 0.165. The Morgan fingerprint density at radius 1 is 1.06 bits per heavy atom. The van der Waals surface area contributed by atoms with Gasteiger partial charge in [0.25, 0.3) is 5.56 Å². The van der Waals surface area contributed by atoms with E-state index in [1.807, 2.05) is 30.3 Å². The molecule has 0 aliphatic heterocycles. The van der Waals surface area contributed by atoms with Crippen LogP contribution >= 0.6 is 11.3 Å². The van der Waals surface area contributed by atoms with Crippen LogP contribution in [0.25, 0.3) is 12.2 Å². The highest BCUT2D eigenvalue weighted by molar-refractivity contribution is 7.07. The highest BCUT2D eigenvalue weighted by Crippen LogP contribution is 2.11. The van der Waals surface area contributed by atoms with Gasteiger partial charge >= 0.3 is 12.0 Å². The van der Waals surface area contributed by atoms with Gasteiger partial charge in [-0.3, -0.25) is 19.5 Å². The predicted octanol–water partition coefficient (Wildman–Crippen LogP) is 1.12. The van der Waals surface area contributed by atoms with E-state index >= 15 is 0 Å². The van der Waals surface area contributed by atoms with E-state index in [0.29, 0.717) is 10.3 Å². The average molecular weight is 496 g/mol. The van der Waals surface area contributed by atoms with E-state index in [2.05, 4.69) is 10.6 Å². The molecule has 0 spiro atoms. The molecule has 9 nitrogen and oxygen atoms in total. The van der Waals surface area contributed by atoms with Crippen LogP contribution in [0, 0.1) is 0 Å². The molecule has 0 aliphatic carbocycles. The van der Waals surface area contributed by atoms with Crippen LogP contribution in [-0.4, -0.2) is 36.2 Å². The lowest BCUT2D eigenvalue weighted by Gasteiger charge is -2.07. The number of amides is 3. The molecule has 1 aromatic heterocycles. The monoisotopic (exact) mass is 495 g/mol. The van der Waals surface area contributed by atoms with E-state index in [1.54, 1.807) is 44.4 Å². The summed E-state index contributed by atoms with van der Waals surface area (Å²) in [4.78, 5) is 49.7. The van der Waals surface area contributed by atoms with Crippen molar-refractivity contribution in [2.24, 2.45) is 0 Å². The smallest absolute Gasteiger partial charge is 0.333 e. The molecule has 0 saturated carbocycles. The maximum absolute atomic E-state index is 13.1. The molecule has 0 unspecified atom stereocenters. The van der Waals surface area contributed by atoms with Gasteiger partial charge in [0.15, 0.2) is 0 Å². The largest absolute Gasteiger partial charge is 0.497 e. The van der Waals surface area contributed by atoms with Crippen molar-refractivity contribution in [3.05, 3.63) is 85.3 Å². The van der Waals surface area contributed by atoms with Crippen molar-refractivity contribution < 1.29 is 23.9 Å². The first-order chi connectivity index (χ1) is 16.9. The number of hydrogen-bond donors (Lipinski definition) is 2. The molecule has 10 heteroatoms. The summed E-state index contributed by atoms with van der Waals surface area (Å²) in [6.45, 7) is 1.62. The molecular formula is C25H25N3O6S. The number of nitrogens with one attached hydrogen (secondary N) is 2. The standard InChI is InChI=1S/C25H25N3O6S/c1-3-34-23(30)14-22-28(16-21(29)27-25(32)26-15-18-7-5-4-6-8-18)24(31)20(35-22)13-17-9-11-19(33-2)12-10-17/h4-14H,3,15-16H2,1-2H3,(H2,26,27,29,32)/b20-13+,22-14-. The van der Waals surface area contributed by atoms with Crippen LogP contribution in [0.4, 0.5) is 4.79 Å². The maximum atomic E-state index is 13.1. The second-order valence-electron chi connectivity index (χ2n) is 7.23. The Hall–Kier alpha value is -4.18. The van der Waals surface area contributed by atoms with Crippen molar-refractivity contribution in [3.63, 3.8) is 0 Å². The van der Waals surface area contributed by atoms with Gasteiger partial charge < -0.3 is 14.8 Å². The number of methoxy groups -OCH3 is 1. The third kappa shape index (κ3) is 7.41. The zero-order valence-corrected chi connectivity index (χ0v) is 20.1. The van der Waals surface area contributed by atoms with E-state index in [9.17, 15) is 19.2 Å². The first kappa shape index (κ1) is 25.4. The zero-order valence-electron chi connectivity index (χ0n) is 19.3. The van der Waals surface area contributed by atoms with E-state index in [1.165, 1.54) is 0 Å². The Morgan fingerprint density at radius 3 is 2.43 bits per heavy atom. The number of urea groups is 1. The van der Waals surface area contributed by atoms with Crippen molar-refractivity contribution in [1.82, 2.24) is 15.2 Å². The first-order valence-corrected chi connectivity index (χ1v) is 11.6. The van der Waals surface area contributed by atoms with Gasteiger partial charge in [-0.25, -0.2) is 9.59 Å². The molecule has 0 saturated heterocycles. The van der Waals surface area contributed by atoms with Crippen LogP contribution in [0.15, 0.2) is 59.4 Å². The van der Waals surface area contributed by atoms with Crippen molar-refractivity contribution in [3.8, 4) is 5.75 Å². The number of aromatic nitrogens is 1. The van der Waals surface area contributed by atoms with Crippen molar-refractivity contribution in [1.29, 1.82) is 0 Å². The van der Waals surface area contributed by atoms with Gasteiger partial charge in [-0.05, 0) is 36.3 Å². The van der Waals surface area contributed by atoms with Crippen molar-refractivity contribution >= 4 is 41.4 Å². The molecule has 0 aliphatic rings. The molecule has 1 heterocycles. The molecule has 0 bridgehead atoms. The van der Waals surface area contributed by atoms with Crippen molar-refractivity contribution in [2.45, 2.75) is 20.0 Å². The van der Waals surface area contributed by atoms with Crippen LogP contribution < -0.4 is 30.1 Å². The second-order valence-corrected chi connectivity index (χ2v) is 8.29. The Morgan fingerprint density at radius 2 is 1.77 bits per heavy atom. The Labute approximate surface area is 205 Å². The van der Waals surface area contributed by atoms with E-state index in [0.717, 1.165) is 33.1 Å². The van der Waals surface area contributed by atoms with Crippen LogP contribution in [0.2, 0.25) is 0 Å². The molecule has 182 valence electrons. The summed E-state index contributed by atoms with van der Waals surface area (Å²) in [6.07, 6.45) is 2.81. The number of ether oxygens (including phenoxy) is 2. The first-order valence-electron chi connectivity index (χ1n) is 10.7. The number of nitrogens with zero attached hydrogens (tertiary/aromatic N) is 1. The summed E-state index contributed by atoms with van der Waals surface area (Å²) in [5.41, 5.74) is 1.14. The van der Waals surface area contributed by atoms with Gasteiger partial charge in [-0.1, -0.05) is 42.5 Å². The lowest BCUT2D eigenvalue weighted by Crippen LogP contribution is -2.44.